The van der Waals surface area contributed by atoms with Crippen LogP contribution in [0.15, 0.2) is 34.9 Å². The van der Waals surface area contributed by atoms with Gasteiger partial charge in [0.15, 0.2) is 11.5 Å². The van der Waals surface area contributed by atoms with Crippen LogP contribution in [0.1, 0.15) is 5.56 Å². The molecule has 0 saturated carbocycles. The quantitative estimate of drug-likeness (QED) is 0.670. The van der Waals surface area contributed by atoms with Crippen molar-refractivity contribution in [3.8, 4) is 0 Å². The minimum absolute atomic E-state index is 0. The summed E-state index contributed by atoms with van der Waals surface area (Å²) in [5.41, 5.74) is 4.72. The smallest absolute Gasteiger partial charge is 0.269 e. The number of amides is 1. The molecular weight excluding hydrogens is 258 g/mol. The third-order valence-corrected chi connectivity index (χ3v) is 4.37. The lowest BCUT2D eigenvalue weighted by molar-refractivity contribution is -0.115. The summed E-state index contributed by atoms with van der Waals surface area (Å²) in [5.74, 6) is -1.42. The van der Waals surface area contributed by atoms with Gasteiger partial charge in [-0.05, 0) is 12.1 Å². The largest absolute Gasteiger partial charge is 0.505 e. The number of rotatable bonds is 1. The van der Waals surface area contributed by atoms with E-state index >= 15 is 0 Å². The van der Waals surface area contributed by atoms with Gasteiger partial charge in [0.1, 0.15) is 0 Å². The number of carbonyl (C=O) groups excluding carboxylic acids is 1. The standard InChI is InChI=1S/C10H10N2O4S.H3N/c1-12-8(10(11)14)9(13)6-4-2-3-5-7(6)17(12,15)16;/h2-5,13H,1H3,(H2,11,14);1H3. The molecule has 0 aromatic heterocycles. The van der Waals surface area contributed by atoms with E-state index in [0.29, 0.717) is 4.31 Å². The van der Waals surface area contributed by atoms with E-state index in [4.69, 9.17) is 5.73 Å². The summed E-state index contributed by atoms with van der Waals surface area (Å²) < 4.78 is 24.8. The minimum Gasteiger partial charge on any atom is -0.505 e. The second-order valence-corrected chi connectivity index (χ2v) is 5.47. The van der Waals surface area contributed by atoms with Crippen LogP contribution >= 0.6 is 0 Å². The van der Waals surface area contributed by atoms with E-state index in [2.05, 4.69) is 0 Å². The molecule has 8 heteroatoms. The fourth-order valence-electron chi connectivity index (χ4n) is 1.70. The summed E-state index contributed by atoms with van der Waals surface area (Å²) >= 11 is 0. The molecule has 1 amide bonds. The van der Waals surface area contributed by atoms with Gasteiger partial charge in [-0.1, -0.05) is 12.1 Å². The van der Waals surface area contributed by atoms with E-state index in [1.54, 1.807) is 6.07 Å². The van der Waals surface area contributed by atoms with Gasteiger partial charge in [0.05, 0.1) is 4.90 Å². The van der Waals surface area contributed by atoms with Gasteiger partial charge in [0, 0.05) is 12.6 Å². The van der Waals surface area contributed by atoms with E-state index in [1.807, 2.05) is 0 Å². The fraction of sp³-hybridized carbons (Fsp3) is 0.100. The van der Waals surface area contributed by atoms with Crippen molar-refractivity contribution in [2.75, 3.05) is 7.05 Å². The number of primary amides is 1. The Kier molecular flexibility index (Phi) is 3.36. The van der Waals surface area contributed by atoms with Crippen LogP contribution in [0.3, 0.4) is 0 Å². The molecule has 0 aliphatic carbocycles. The summed E-state index contributed by atoms with van der Waals surface area (Å²) in [6.45, 7) is 0. The molecule has 1 aromatic rings. The van der Waals surface area contributed by atoms with E-state index in [1.165, 1.54) is 25.2 Å². The first-order valence-electron chi connectivity index (χ1n) is 4.68. The van der Waals surface area contributed by atoms with Gasteiger partial charge in [-0.2, -0.15) is 0 Å². The number of aliphatic hydroxyl groups excluding tert-OH is 1. The van der Waals surface area contributed by atoms with Gasteiger partial charge in [0.2, 0.25) is 0 Å². The zero-order chi connectivity index (χ0) is 12.8. The van der Waals surface area contributed by atoms with E-state index < -0.39 is 27.4 Å². The predicted molar refractivity (Wildman–Crippen MR) is 65.2 cm³/mol. The number of aliphatic hydroxyl groups is 1. The molecular formula is C10H13N3O4S. The Morgan fingerprint density at radius 2 is 1.89 bits per heavy atom. The zero-order valence-corrected chi connectivity index (χ0v) is 10.4. The van der Waals surface area contributed by atoms with Crippen LogP contribution in [0.4, 0.5) is 0 Å². The molecule has 0 fully saturated rings. The van der Waals surface area contributed by atoms with Gasteiger partial charge in [-0.25, -0.2) is 8.42 Å². The van der Waals surface area contributed by atoms with E-state index in [0.717, 1.165) is 0 Å². The lowest BCUT2D eigenvalue weighted by Gasteiger charge is -2.27. The third kappa shape index (κ3) is 1.71. The number of likely N-dealkylation sites (N-methyl/N-ethyl adjacent to an activating group) is 1. The minimum atomic E-state index is -3.83. The molecule has 0 bridgehead atoms. The van der Waals surface area contributed by atoms with Crippen LogP contribution in [-0.4, -0.2) is 30.8 Å². The fourth-order valence-corrected chi connectivity index (χ4v) is 3.11. The van der Waals surface area contributed by atoms with Crippen LogP contribution in [0, 0.1) is 0 Å². The number of fused-ring (bicyclic) bond motifs is 1. The number of benzene rings is 1. The number of carbonyl (C=O) groups is 1. The average molecular weight is 271 g/mol. The Balaban J connectivity index is 0.00000162. The van der Waals surface area contributed by atoms with Crippen LogP contribution in [-0.2, 0) is 14.8 Å². The summed E-state index contributed by atoms with van der Waals surface area (Å²) in [7, 11) is -2.66. The molecule has 1 aromatic carbocycles. The molecule has 0 radical (unpaired) electrons. The average Bonchev–Trinajstić information content (AvgIpc) is 2.27. The van der Waals surface area contributed by atoms with Crippen molar-refractivity contribution in [2.24, 2.45) is 5.73 Å². The van der Waals surface area contributed by atoms with E-state index in [9.17, 15) is 18.3 Å². The highest BCUT2D eigenvalue weighted by Crippen LogP contribution is 2.33. The lowest BCUT2D eigenvalue weighted by atomic mass is 10.1. The van der Waals surface area contributed by atoms with Gasteiger partial charge >= 0.3 is 0 Å². The Bertz CT molecular complexity index is 636. The van der Waals surface area contributed by atoms with Crippen LogP contribution in [0.25, 0.3) is 5.76 Å². The van der Waals surface area contributed by atoms with Gasteiger partial charge < -0.3 is 17.0 Å². The Morgan fingerprint density at radius 3 is 2.44 bits per heavy atom. The van der Waals surface area contributed by atoms with Crippen LogP contribution in [0.2, 0.25) is 0 Å². The highest BCUT2D eigenvalue weighted by atomic mass is 32.2. The lowest BCUT2D eigenvalue weighted by Crippen LogP contribution is -2.37. The van der Waals surface area contributed by atoms with Crippen molar-refractivity contribution in [2.45, 2.75) is 4.90 Å². The van der Waals surface area contributed by atoms with Crippen molar-refractivity contribution in [3.63, 3.8) is 0 Å². The molecule has 98 valence electrons. The van der Waals surface area contributed by atoms with Crippen molar-refractivity contribution >= 4 is 21.7 Å². The van der Waals surface area contributed by atoms with Gasteiger partial charge in [-0.3, -0.25) is 9.10 Å². The highest BCUT2D eigenvalue weighted by Gasteiger charge is 2.36. The molecule has 0 spiro atoms. The SMILES string of the molecule is CN1C(C(N)=O)=C(O)c2ccccc2S1(=O)=O.N. The predicted octanol–water partition coefficient (Wildman–Crippen LogP) is 0.195. The Labute approximate surface area is 104 Å². The highest BCUT2D eigenvalue weighted by molar-refractivity contribution is 7.89. The second-order valence-electron chi connectivity index (χ2n) is 3.53. The second kappa shape index (κ2) is 4.31. The van der Waals surface area contributed by atoms with Crippen molar-refractivity contribution < 1.29 is 18.3 Å². The van der Waals surface area contributed by atoms with Crippen LogP contribution < -0.4 is 11.9 Å². The van der Waals surface area contributed by atoms with Crippen molar-refractivity contribution in [3.05, 3.63) is 35.5 Å². The van der Waals surface area contributed by atoms with E-state index in [-0.39, 0.29) is 16.6 Å². The normalized spacial score (nSPS) is 16.8. The summed E-state index contributed by atoms with van der Waals surface area (Å²) in [6, 6.07) is 5.87. The maximum Gasteiger partial charge on any atom is 0.269 e. The van der Waals surface area contributed by atoms with Crippen molar-refractivity contribution in [1.29, 1.82) is 0 Å². The Hall–Kier alpha value is -2.06. The first-order valence-corrected chi connectivity index (χ1v) is 6.12. The number of nitrogens with two attached hydrogens (primary N) is 1. The summed E-state index contributed by atoms with van der Waals surface area (Å²) in [6.07, 6.45) is 0. The molecule has 0 saturated heterocycles. The number of sulfonamides is 1. The zero-order valence-electron chi connectivity index (χ0n) is 9.62. The molecule has 1 heterocycles. The van der Waals surface area contributed by atoms with Crippen molar-refractivity contribution in [1.82, 2.24) is 10.5 Å². The van der Waals surface area contributed by atoms with Gasteiger partial charge in [0.25, 0.3) is 15.9 Å². The number of hydrogen-bond donors (Lipinski definition) is 3. The number of nitrogens with zero attached hydrogens (tertiary/aromatic N) is 1. The maximum atomic E-state index is 12.0. The monoisotopic (exact) mass is 271 g/mol. The molecule has 1 aliphatic rings. The molecule has 7 nitrogen and oxygen atoms in total. The molecule has 6 N–H and O–H groups in total. The molecule has 1 aliphatic heterocycles. The molecule has 2 rings (SSSR count). The van der Waals surface area contributed by atoms with Gasteiger partial charge in [-0.15, -0.1) is 0 Å². The number of hydrogen-bond acceptors (Lipinski definition) is 5. The maximum absolute atomic E-state index is 12.0. The van der Waals surface area contributed by atoms with Crippen LogP contribution in [0.5, 0.6) is 0 Å². The first kappa shape index (κ1) is 14.0. The first-order chi connectivity index (χ1) is 7.87. The molecule has 18 heavy (non-hydrogen) atoms. The summed E-state index contributed by atoms with van der Waals surface area (Å²) in [4.78, 5) is 11.1. The Morgan fingerprint density at radius 1 is 1.33 bits per heavy atom. The summed E-state index contributed by atoms with van der Waals surface area (Å²) in [5, 5.41) is 9.87. The molecule has 0 unspecified atom stereocenters. The molecule has 0 atom stereocenters. The third-order valence-electron chi connectivity index (χ3n) is 2.55. The topological polar surface area (TPSA) is 136 Å².